The van der Waals surface area contributed by atoms with Gasteiger partial charge in [-0.05, 0) is 43.8 Å². The third kappa shape index (κ3) is 4.74. The van der Waals surface area contributed by atoms with E-state index in [1.165, 1.54) is 50.8 Å². The van der Waals surface area contributed by atoms with Crippen LogP contribution in [0.5, 0.6) is 0 Å². The average molecular weight is 289 g/mol. The lowest BCUT2D eigenvalue weighted by atomic mass is 9.96. The molecule has 0 radical (unpaired) electrons. The molecule has 1 aromatic carbocycles. The monoisotopic (exact) mass is 289 g/mol. The number of rotatable bonds is 5. The van der Waals surface area contributed by atoms with E-state index in [9.17, 15) is 0 Å². The molecule has 0 saturated carbocycles. The Balaban J connectivity index is 1.89. The molecule has 0 spiro atoms. The first-order chi connectivity index (χ1) is 10.2. The molecule has 3 N–H and O–H groups in total. The number of amidine groups is 1. The van der Waals surface area contributed by atoms with Crippen LogP contribution in [-0.2, 0) is 6.54 Å². The third-order valence-corrected chi connectivity index (χ3v) is 4.40. The highest BCUT2D eigenvalue weighted by Crippen LogP contribution is 2.22. The van der Waals surface area contributed by atoms with Gasteiger partial charge in [-0.1, -0.05) is 49.2 Å². The molecule has 1 unspecified atom stereocenters. The van der Waals surface area contributed by atoms with Gasteiger partial charge >= 0.3 is 0 Å². The Labute approximate surface area is 127 Å². The quantitative estimate of drug-likeness (QED) is 0.379. The second-order valence-corrected chi connectivity index (χ2v) is 6.04. The minimum absolute atomic E-state index is 0.165. The highest BCUT2D eigenvalue weighted by molar-refractivity contribution is 5.96. The first-order valence-corrected chi connectivity index (χ1v) is 8.02. The van der Waals surface area contributed by atoms with Crippen LogP contribution in [0.2, 0.25) is 0 Å². The highest BCUT2D eigenvalue weighted by Gasteiger charge is 2.16. The van der Waals surface area contributed by atoms with Gasteiger partial charge in [-0.3, -0.25) is 4.90 Å². The zero-order valence-electron chi connectivity index (χ0n) is 13.0. The Morgan fingerprint density at radius 3 is 2.71 bits per heavy atom. The van der Waals surface area contributed by atoms with E-state index in [0.29, 0.717) is 0 Å². The second-order valence-electron chi connectivity index (χ2n) is 6.04. The van der Waals surface area contributed by atoms with Crippen molar-refractivity contribution in [2.75, 3.05) is 13.1 Å². The van der Waals surface area contributed by atoms with Crippen LogP contribution in [-0.4, -0.2) is 29.0 Å². The molecule has 21 heavy (non-hydrogen) atoms. The van der Waals surface area contributed by atoms with Crippen LogP contribution < -0.4 is 5.73 Å². The summed E-state index contributed by atoms with van der Waals surface area (Å²) in [4.78, 5) is 2.55. The van der Waals surface area contributed by atoms with E-state index in [2.05, 4.69) is 29.1 Å². The average Bonchev–Trinajstić information content (AvgIpc) is 2.73. The SMILES string of the molecule is CCCC1CCCN(Cc2ccc(C(N)=NO)cc2)CC1. The van der Waals surface area contributed by atoms with Crippen molar-refractivity contribution >= 4 is 5.84 Å². The molecule has 0 amide bonds. The maximum Gasteiger partial charge on any atom is 0.170 e. The van der Waals surface area contributed by atoms with E-state index in [0.717, 1.165) is 18.0 Å². The second kappa shape index (κ2) is 8.03. The normalized spacial score (nSPS) is 21.2. The van der Waals surface area contributed by atoms with Gasteiger partial charge in [-0.15, -0.1) is 0 Å². The molecular formula is C17H27N3O. The van der Waals surface area contributed by atoms with Crippen LogP contribution in [0.25, 0.3) is 0 Å². The molecule has 116 valence electrons. The Bertz CT molecular complexity index is 456. The third-order valence-electron chi connectivity index (χ3n) is 4.40. The number of oxime groups is 1. The molecule has 1 heterocycles. The van der Waals surface area contributed by atoms with Gasteiger partial charge in [-0.2, -0.15) is 0 Å². The number of nitrogens with zero attached hydrogens (tertiary/aromatic N) is 2. The maximum atomic E-state index is 8.67. The smallest absolute Gasteiger partial charge is 0.170 e. The van der Waals surface area contributed by atoms with Gasteiger partial charge in [0.05, 0.1) is 0 Å². The van der Waals surface area contributed by atoms with Crippen molar-refractivity contribution in [1.82, 2.24) is 4.90 Å². The van der Waals surface area contributed by atoms with Crippen molar-refractivity contribution in [2.45, 2.75) is 45.6 Å². The van der Waals surface area contributed by atoms with Crippen LogP contribution in [0, 0.1) is 5.92 Å². The summed E-state index contributed by atoms with van der Waals surface area (Å²) in [5.41, 5.74) is 7.64. The first kappa shape index (κ1) is 15.8. The fraction of sp³-hybridized carbons (Fsp3) is 0.588. The topological polar surface area (TPSA) is 61.8 Å². The molecular weight excluding hydrogens is 262 g/mol. The van der Waals surface area contributed by atoms with Gasteiger partial charge < -0.3 is 10.9 Å². The van der Waals surface area contributed by atoms with Gasteiger partial charge in [0.15, 0.2) is 5.84 Å². The molecule has 2 rings (SSSR count). The fourth-order valence-corrected chi connectivity index (χ4v) is 3.18. The molecule has 1 aromatic rings. The first-order valence-electron chi connectivity index (χ1n) is 8.02. The van der Waals surface area contributed by atoms with Gasteiger partial charge in [0.2, 0.25) is 0 Å². The molecule has 1 atom stereocenters. The zero-order valence-corrected chi connectivity index (χ0v) is 13.0. The van der Waals surface area contributed by atoms with E-state index in [1.54, 1.807) is 0 Å². The minimum atomic E-state index is 0.165. The number of likely N-dealkylation sites (tertiary alicyclic amines) is 1. The predicted octanol–water partition coefficient (Wildman–Crippen LogP) is 3.18. The lowest BCUT2D eigenvalue weighted by Gasteiger charge is -2.20. The number of hydrogen-bond donors (Lipinski definition) is 2. The largest absolute Gasteiger partial charge is 0.409 e. The summed E-state index contributed by atoms with van der Waals surface area (Å²) >= 11 is 0. The van der Waals surface area contributed by atoms with Crippen LogP contribution >= 0.6 is 0 Å². The van der Waals surface area contributed by atoms with E-state index < -0.39 is 0 Å². The fourth-order valence-electron chi connectivity index (χ4n) is 3.18. The van der Waals surface area contributed by atoms with Crippen LogP contribution in [0.15, 0.2) is 29.4 Å². The lowest BCUT2D eigenvalue weighted by molar-refractivity contribution is 0.271. The molecule has 0 aliphatic carbocycles. The van der Waals surface area contributed by atoms with Crippen molar-refractivity contribution in [2.24, 2.45) is 16.8 Å². The van der Waals surface area contributed by atoms with Gasteiger partial charge in [0.25, 0.3) is 0 Å². The highest BCUT2D eigenvalue weighted by atomic mass is 16.4. The molecule has 0 bridgehead atoms. The Morgan fingerprint density at radius 1 is 1.29 bits per heavy atom. The van der Waals surface area contributed by atoms with E-state index >= 15 is 0 Å². The maximum absolute atomic E-state index is 8.67. The van der Waals surface area contributed by atoms with Crippen LogP contribution in [0.1, 0.15) is 50.2 Å². The molecule has 1 aliphatic heterocycles. The molecule has 4 heteroatoms. The summed E-state index contributed by atoms with van der Waals surface area (Å²) in [6.07, 6.45) is 6.71. The van der Waals surface area contributed by atoms with Gasteiger partial charge in [-0.25, -0.2) is 0 Å². The summed E-state index contributed by atoms with van der Waals surface area (Å²) in [6, 6.07) is 7.98. The minimum Gasteiger partial charge on any atom is -0.409 e. The Morgan fingerprint density at radius 2 is 2.05 bits per heavy atom. The number of benzene rings is 1. The Hall–Kier alpha value is -1.55. The summed E-state index contributed by atoms with van der Waals surface area (Å²) in [7, 11) is 0. The summed E-state index contributed by atoms with van der Waals surface area (Å²) in [6.45, 7) is 5.68. The molecule has 1 fully saturated rings. The van der Waals surface area contributed by atoms with E-state index in [1.807, 2.05) is 12.1 Å². The van der Waals surface area contributed by atoms with Gasteiger partial charge in [0, 0.05) is 12.1 Å². The molecule has 1 saturated heterocycles. The van der Waals surface area contributed by atoms with Crippen molar-refractivity contribution in [1.29, 1.82) is 0 Å². The van der Waals surface area contributed by atoms with Crippen LogP contribution in [0.4, 0.5) is 0 Å². The standard InChI is InChI=1S/C17H27N3O/c1-2-4-14-5-3-11-20(12-10-14)13-15-6-8-16(9-7-15)17(18)19-21/h6-9,14,21H,2-5,10-13H2,1H3,(H2,18,19). The van der Waals surface area contributed by atoms with E-state index in [4.69, 9.17) is 10.9 Å². The Kier molecular flexibility index (Phi) is 6.05. The summed E-state index contributed by atoms with van der Waals surface area (Å²) in [5, 5.41) is 11.7. The molecule has 0 aromatic heterocycles. The van der Waals surface area contributed by atoms with Gasteiger partial charge in [0.1, 0.15) is 0 Å². The summed E-state index contributed by atoms with van der Waals surface area (Å²) < 4.78 is 0. The summed E-state index contributed by atoms with van der Waals surface area (Å²) in [5.74, 6) is 1.08. The zero-order chi connectivity index (χ0) is 15.1. The molecule has 4 nitrogen and oxygen atoms in total. The molecule has 1 aliphatic rings. The van der Waals surface area contributed by atoms with Crippen molar-refractivity contribution in [3.8, 4) is 0 Å². The van der Waals surface area contributed by atoms with Crippen molar-refractivity contribution in [3.63, 3.8) is 0 Å². The predicted molar refractivity (Wildman–Crippen MR) is 86.5 cm³/mol. The van der Waals surface area contributed by atoms with Crippen LogP contribution in [0.3, 0.4) is 0 Å². The van der Waals surface area contributed by atoms with E-state index in [-0.39, 0.29) is 5.84 Å². The van der Waals surface area contributed by atoms with Crippen molar-refractivity contribution < 1.29 is 5.21 Å². The van der Waals surface area contributed by atoms with Crippen molar-refractivity contribution in [3.05, 3.63) is 35.4 Å². The lowest BCUT2D eigenvalue weighted by Crippen LogP contribution is -2.24. The number of hydrogen-bond acceptors (Lipinski definition) is 3. The number of nitrogens with two attached hydrogens (primary N) is 1.